The number of nitrogens with zero attached hydrogens (tertiary/aromatic N) is 1. The maximum Gasteiger partial charge on any atom is 0.407 e. The van der Waals surface area contributed by atoms with Crippen molar-refractivity contribution in [2.45, 2.75) is 45.6 Å². The fourth-order valence-electron chi connectivity index (χ4n) is 6.01. The van der Waals surface area contributed by atoms with Gasteiger partial charge in [0.05, 0.1) is 14.2 Å². The summed E-state index contributed by atoms with van der Waals surface area (Å²) in [6.45, 7) is 7.08. The molecule has 3 aromatic heterocycles. The number of carbonyl (C=O) groups is 3. The lowest BCUT2D eigenvalue weighted by Gasteiger charge is -2.19. The number of nitrogens with two attached hydrogens (primary N) is 1. The third kappa shape index (κ3) is 10.0. The molecule has 0 unspecified atom stereocenters. The van der Waals surface area contributed by atoms with E-state index in [-0.39, 0.29) is 17.9 Å². The fraction of sp³-hybridized carbons (Fsp3) is 0.293. The third-order valence-corrected chi connectivity index (χ3v) is 8.68. The SMILES string of the molecule is COc1ccc2[nH]cc(CCN3C(=O)C=CC3=O)c2c1.COc1ccc2[nH]cc(CCNC(=O)OC(C)(C)C)c2c1.NCCc1c[nH]c2ccc(O)cc12. The number of phenolic OH excluding ortho intramolecular Hbond substituents is 1. The molecule has 3 aromatic carbocycles. The third-order valence-electron chi connectivity index (χ3n) is 8.68. The van der Waals surface area contributed by atoms with E-state index >= 15 is 0 Å². The van der Waals surface area contributed by atoms with Crippen molar-refractivity contribution in [2.24, 2.45) is 5.73 Å². The van der Waals surface area contributed by atoms with E-state index in [4.69, 9.17) is 19.9 Å². The highest BCUT2D eigenvalue weighted by atomic mass is 16.6. The van der Waals surface area contributed by atoms with Crippen molar-refractivity contribution >= 4 is 50.6 Å². The molecule has 0 radical (unpaired) electrons. The summed E-state index contributed by atoms with van der Waals surface area (Å²) in [4.78, 5) is 45.4. The van der Waals surface area contributed by atoms with Gasteiger partial charge < -0.3 is 45.3 Å². The molecule has 0 bridgehead atoms. The minimum Gasteiger partial charge on any atom is -0.508 e. The van der Waals surface area contributed by atoms with Gasteiger partial charge in [0.15, 0.2) is 0 Å². The van der Waals surface area contributed by atoms with Gasteiger partial charge in [-0.15, -0.1) is 0 Å². The summed E-state index contributed by atoms with van der Waals surface area (Å²) in [6, 6.07) is 17.0. The second kappa shape index (κ2) is 17.5. The highest BCUT2D eigenvalue weighted by Gasteiger charge is 2.23. The van der Waals surface area contributed by atoms with Crippen molar-refractivity contribution < 1.29 is 33.7 Å². The quantitative estimate of drug-likeness (QED) is 0.0889. The van der Waals surface area contributed by atoms with Crippen LogP contribution in [0.4, 0.5) is 4.79 Å². The summed E-state index contributed by atoms with van der Waals surface area (Å²) < 4.78 is 15.7. The molecule has 1 aliphatic rings. The number of H-pyrrole nitrogens is 3. The number of benzene rings is 3. The molecule has 13 heteroatoms. The van der Waals surface area contributed by atoms with Crippen LogP contribution in [0.1, 0.15) is 37.5 Å². The topological polar surface area (TPSA) is 188 Å². The Labute approximate surface area is 313 Å². The Hall–Kier alpha value is -6.21. The number of aromatic hydroxyl groups is 1. The van der Waals surface area contributed by atoms with Crippen LogP contribution in [0.3, 0.4) is 0 Å². The van der Waals surface area contributed by atoms with E-state index in [9.17, 15) is 19.5 Å². The molecule has 7 N–H and O–H groups in total. The van der Waals surface area contributed by atoms with Gasteiger partial charge in [-0.1, -0.05) is 0 Å². The van der Waals surface area contributed by atoms with Crippen LogP contribution in [0.5, 0.6) is 17.2 Å². The van der Waals surface area contributed by atoms with Gasteiger partial charge in [0.1, 0.15) is 22.8 Å². The maximum atomic E-state index is 11.6. The standard InChI is InChI=1S/C16H22N2O3.C15H14N2O3.C10H12N2O/c1-16(2,3)21-15(19)17-8-7-11-10-18-14-6-5-12(20-4)9-13(11)14;1-20-11-2-3-13-12(8-11)10(9-16-13)6-7-17-14(18)4-5-15(17)19;11-4-3-7-6-12-10-2-1-8(13)5-9(7)10/h5-6,9-10,18H,7-8H2,1-4H3,(H,17,19);2-5,8-9,16H,6-7H2,1H3;1-2,5-6,12-13H,3-4,11H2. The Bertz CT molecular complexity index is 2240. The number of ether oxygens (including phenoxy) is 3. The Balaban J connectivity index is 0.000000160. The first kappa shape index (κ1) is 39.0. The summed E-state index contributed by atoms with van der Waals surface area (Å²) in [7, 11) is 3.28. The van der Waals surface area contributed by atoms with Crippen LogP contribution in [0, 0.1) is 0 Å². The van der Waals surface area contributed by atoms with E-state index in [0.29, 0.717) is 31.8 Å². The molecule has 7 rings (SSSR count). The maximum absolute atomic E-state index is 11.6. The van der Waals surface area contributed by atoms with Gasteiger partial charge in [0, 0.05) is 76.5 Å². The number of imide groups is 1. The molecule has 6 aromatic rings. The van der Waals surface area contributed by atoms with Crippen molar-refractivity contribution in [1.29, 1.82) is 0 Å². The zero-order chi connectivity index (χ0) is 38.8. The molecule has 13 nitrogen and oxygen atoms in total. The fourth-order valence-corrected chi connectivity index (χ4v) is 6.01. The zero-order valence-electron chi connectivity index (χ0n) is 31.2. The van der Waals surface area contributed by atoms with Crippen molar-refractivity contribution in [3.05, 3.63) is 102 Å². The van der Waals surface area contributed by atoms with E-state index in [1.54, 1.807) is 26.4 Å². The number of hydrogen-bond acceptors (Lipinski definition) is 8. The molecular weight excluding hydrogens is 688 g/mol. The summed E-state index contributed by atoms with van der Waals surface area (Å²) in [5.41, 5.74) is 11.5. The highest BCUT2D eigenvalue weighted by Crippen LogP contribution is 2.26. The lowest BCUT2D eigenvalue weighted by atomic mass is 10.1. The molecule has 0 fully saturated rings. The van der Waals surface area contributed by atoms with E-state index in [1.165, 1.54) is 17.1 Å². The van der Waals surface area contributed by atoms with Gasteiger partial charge in [0.2, 0.25) is 0 Å². The minimum absolute atomic E-state index is 0.243. The van der Waals surface area contributed by atoms with Gasteiger partial charge >= 0.3 is 6.09 Å². The number of hydrogen-bond donors (Lipinski definition) is 6. The van der Waals surface area contributed by atoms with Crippen molar-refractivity contribution in [3.8, 4) is 17.2 Å². The molecule has 3 amide bonds. The zero-order valence-corrected chi connectivity index (χ0v) is 31.2. The van der Waals surface area contributed by atoms with Gasteiger partial charge in [0.25, 0.3) is 11.8 Å². The number of rotatable bonds is 10. The Morgan fingerprint density at radius 3 is 1.72 bits per heavy atom. The first-order valence-corrected chi connectivity index (χ1v) is 17.7. The Morgan fingerprint density at radius 1 is 0.741 bits per heavy atom. The Kier molecular flexibility index (Phi) is 12.7. The van der Waals surface area contributed by atoms with Gasteiger partial charge in [-0.05, 0) is 118 Å². The summed E-state index contributed by atoms with van der Waals surface area (Å²) in [5.74, 6) is 1.42. The number of amides is 3. The van der Waals surface area contributed by atoms with Crippen LogP contribution in [-0.2, 0) is 33.6 Å². The van der Waals surface area contributed by atoms with Crippen LogP contribution >= 0.6 is 0 Å². The molecule has 284 valence electrons. The number of aromatic nitrogens is 3. The number of aromatic amines is 3. The number of carbonyl (C=O) groups excluding carboxylic acids is 3. The molecule has 4 heterocycles. The molecular formula is C41H48N6O7. The van der Waals surface area contributed by atoms with Crippen LogP contribution < -0.4 is 20.5 Å². The lowest BCUT2D eigenvalue weighted by Crippen LogP contribution is -2.33. The van der Waals surface area contributed by atoms with E-state index in [1.807, 2.05) is 81.8 Å². The normalized spacial score (nSPS) is 12.4. The second-order valence-electron chi connectivity index (χ2n) is 13.6. The lowest BCUT2D eigenvalue weighted by molar-refractivity contribution is -0.136. The highest BCUT2D eigenvalue weighted by molar-refractivity contribution is 6.12. The molecule has 0 aliphatic carbocycles. The Morgan fingerprint density at radius 2 is 1.22 bits per heavy atom. The molecule has 1 aliphatic heterocycles. The van der Waals surface area contributed by atoms with Gasteiger partial charge in [-0.25, -0.2) is 4.79 Å². The van der Waals surface area contributed by atoms with Crippen molar-refractivity contribution in [3.63, 3.8) is 0 Å². The second-order valence-corrected chi connectivity index (χ2v) is 13.6. The number of methoxy groups -OCH3 is 2. The number of alkyl carbamates (subject to hydrolysis) is 1. The van der Waals surface area contributed by atoms with Crippen LogP contribution in [-0.4, -0.2) is 82.3 Å². The van der Waals surface area contributed by atoms with Crippen molar-refractivity contribution in [2.75, 3.05) is 33.9 Å². The first-order chi connectivity index (χ1) is 25.9. The first-order valence-electron chi connectivity index (χ1n) is 17.7. The predicted molar refractivity (Wildman–Crippen MR) is 210 cm³/mol. The molecule has 0 saturated carbocycles. The minimum atomic E-state index is -0.474. The average molecular weight is 737 g/mol. The smallest absolute Gasteiger partial charge is 0.407 e. The van der Waals surface area contributed by atoms with Crippen molar-refractivity contribution in [1.82, 2.24) is 25.2 Å². The van der Waals surface area contributed by atoms with E-state index in [2.05, 4.69) is 20.3 Å². The van der Waals surface area contributed by atoms with E-state index < -0.39 is 5.60 Å². The van der Waals surface area contributed by atoms with Crippen LogP contribution in [0.2, 0.25) is 0 Å². The summed E-state index contributed by atoms with van der Waals surface area (Å²) in [6.07, 6.45) is 10.2. The van der Waals surface area contributed by atoms with Crippen LogP contribution in [0.25, 0.3) is 32.7 Å². The molecule has 0 atom stereocenters. The average Bonchev–Trinajstić information content (AvgIpc) is 3.93. The van der Waals surface area contributed by atoms with Gasteiger partial charge in [-0.3, -0.25) is 14.5 Å². The summed E-state index contributed by atoms with van der Waals surface area (Å²) in [5, 5.41) is 15.3. The number of nitrogens with one attached hydrogen (secondary N) is 4. The number of fused-ring (bicyclic) bond motifs is 3. The van der Waals surface area contributed by atoms with Crippen LogP contribution in [0.15, 0.2) is 85.3 Å². The van der Waals surface area contributed by atoms with E-state index in [0.717, 1.165) is 73.7 Å². The molecule has 0 spiro atoms. The van der Waals surface area contributed by atoms with Gasteiger partial charge in [-0.2, -0.15) is 0 Å². The predicted octanol–water partition coefficient (Wildman–Crippen LogP) is 6.26. The summed E-state index contributed by atoms with van der Waals surface area (Å²) >= 11 is 0. The monoisotopic (exact) mass is 736 g/mol. The largest absolute Gasteiger partial charge is 0.508 e. The molecule has 54 heavy (non-hydrogen) atoms. The molecule has 0 saturated heterocycles. The number of phenols is 1.